The molecular weight excluding hydrogens is 182 g/mol. The summed E-state index contributed by atoms with van der Waals surface area (Å²) in [5, 5.41) is 1.10. The summed E-state index contributed by atoms with van der Waals surface area (Å²) in [5.74, 6) is -0.0867. The first-order valence-corrected chi connectivity index (χ1v) is 4.11. The molecule has 1 amide bonds. The van der Waals surface area contributed by atoms with Gasteiger partial charge in [-0.1, -0.05) is 0 Å². The molecule has 0 spiro atoms. The van der Waals surface area contributed by atoms with E-state index in [0.717, 1.165) is 10.8 Å². The van der Waals surface area contributed by atoms with E-state index in [1.54, 1.807) is 12.1 Å². The number of hydrogen-bond acceptors (Lipinski definition) is 4. The van der Waals surface area contributed by atoms with E-state index in [1.807, 2.05) is 6.92 Å². The smallest absolute Gasteiger partial charge is 0.280 e. The Balaban J connectivity index is 3.02. The van der Waals surface area contributed by atoms with Crippen molar-refractivity contribution in [2.24, 2.45) is 0 Å². The first kappa shape index (κ1) is 10.5. The Hall–Kier alpha value is -1.62. The van der Waals surface area contributed by atoms with Gasteiger partial charge in [-0.25, -0.2) is 10.0 Å². The molecule has 0 aliphatic carbocycles. The SMILES string of the molecule is CON(C)C(=O)c1ccc(C)nc1N. The van der Waals surface area contributed by atoms with Crippen molar-refractivity contribution in [3.63, 3.8) is 0 Å². The molecule has 14 heavy (non-hydrogen) atoms. The lowest BCUT2D eigenvalue weighted by atomic mass is 10.2. The molecule has 1 aromatic heterocycles. The maximum Gasteiger partial charge on any atom is 0.280 e. The van der Waals surface area contributed by atoms with Crippen molar-refractivity contribution >= 4 is 11.7 Å². The minimum absolute atomic E-state index is 0.221. The normalized spacial score (nSPS) is 9.93. The molecule has 0 aliphatic rings. The van der Waals surface area contributed by atoms with Gasteiger partial charge >= 0.3 is 0 Å². The molecule has 76 valence electrons. The number of nitrogens with two attached hydrogens (primary N) is 1. The van der Waals surface area contributed by atoms with E-state index in [2.05, 4.69) is 4.98 Å². The number of aryl methyl sites for hydroxylation is 1. The molecule has 2 N–H and O–H groups in total. The number of amides is 1. The number of hydroxylamine groups is 2. The van der Waals surface area contributed by atoms with E-state index < -0.39 is 0 Å². The molecule has 0 fully saturated rings. The summed E-state index contributed by atoms with van der Waals surface area (Å²) in [4.78, 5) is 20.3. The fourth-order valence-corrected chi connectivity index (χ4v) is 1.01. The zero-order valence-electron chi connectivity index (χ0n) is 8.44. The second-order valence-electron chi connectivity index (χ2n) is 2.87. The number of rotatable bonds is 2. The molecule has 0 aromatic carbocycles. The predicted molar refractivity (Wildman–Crippen MR) is 52.5 cm³/mol. The number of carbonyl (C=O) groups excluding carboxylic acids is 1. The van der Waals surface area contributed by atoms with E-state index >= 15 is 0 Å². The highest BCUT2D eigenvalue weighted by atomic mass is 16.7. The summed E-state index contributed by atoms with van der Waals surface area (Å²) in [6.45, 7) is 1.81. The summed E-state index contributed by atoms with van der Waals surface area (Å²) in [7, 11) is 2.93. The van der Waals surface area contributed by atoms with Gasteiger partial charge in [0.15, 0.2) is 0 Å². The van der Waals surface area contributed by atoms with Crippen LogP contribution in [0.25, 0.3) is 0 Å². The molecule has 0 aliphatic heterocycles. The lowest BCUT2D eigenvalue weighted by Crippen LogP contribution is -2.26. The minimum Gasteiger partial charge on any atom is -0.383 e. The standard InChI is InChI=1S/C9H13N3O2/c1-6-4-5-7(8(10)11-6)9(13)12(2)14-3/h4-5H,1-3H3,(H2,10,11). The Morgan fingerprint density at radius 2 is 2.21 bits per heavy atom. The predicted octanol–water partition coefficient (Wildman–Crippen LogP) is 0.606. The molecule has 5 heteroatoms. The van der Waals surface area contributed by atoms with Crippen molar-refractivity contribution < 1.29 is 9.63 Å². The summed E-state index contributed by atoms with van der Waals surface area (Å²) < 4.78 is 0. The zero-order valence-corrected chi connectivity index (χ0v) is 8.44. The fraction of sp³-hybridized carbons (Fsp3) is 0.333. The van der Waals surface area contributed by atoms with Crippen molar-refractivity contribution in [1.29, 1.82) is 0 Å². The van der Waals surface area contributed by atoms with Crippen LogP contribution in [0.3, 0.4) is 0 Å². The zero-order chi connectivity index (χ0) is 10.7. The molecule has 0 radical (unpaired) electrons. The largest absolute Gasteiger partial charge is 0.383 e. The number of aromatic nitrogens is 1. The average molecular weight is 195 g/mol. The third-order valence-corrected chi connectivity index (χ3v) is 1.85. The van der Waals surface area contributed by atoms with Crippen molar-refractivity contribution in [3.8, 4) is 0 Å². The van der Waals surface area contributed by atoms with Crippen LogP contribution in [-0.2, 0) is 4.84 Å². The highest BCUT2D eigenvalue weighted by molar-refractivity contribution is 5.97. The van der Waals surface area contributed by atoms with Crippen molar-refractivity contribution in [3.05, 3.63) is 23.4 Å². The van der Waals surface area contributed by atoms with E-state index in [4.69, 9.17) is 10.6 Å². The van der Waals surface area contributed by atoms with Crippen LogP contribution in [0.15, 0.2) is 12.1 Å². The molecule has 0 saturated carbocycles. The Labute approximate surface area is 82.4 Å². The molecule has 0 atom stereocenters. The molecule has 0 unspecified atom stereocenters. The lowest BCUT2D eigenvalue weighted by molar-refractivity contribution is -0.0756. The van der Waals surface area contributed by atoms with Gasteiger partial charge in [0.05, 0.1) is 12.7 Å². The Morgan fingerprint density at radius 3 is 2.71 bits per heavy atom. The van der Waals surface area contributed by atoms with Gasteiger partial charge in [-0.2, -0.15) is 0 Å². The van der Waals surface area contributed by atoms with E-state index in [9.17, 15) is 4.79 Å². The first-order chi connectivity index (χ1) is 6.56. The number of nitrogen functional groups attached to an aromatic ring is 1. The second kappa shape index (κ2) is 4.06. The number of anilines is 1. The Kier molecular flexibility index (Phi) is 3.03. The topological polar surface area (TPSA) is 68.5 Å². The average Bonchev–Trinajstić information content (AvgIpc) is 2.15. The number of nitrogens with zero attached hydrogens (tertiary/aromatic N) is 2. The first-order valence-electron chi connectivity index (χ1n) is 4.11. The van der Waals surface area contributed by atoms with Crippen LogP contribution in [0, 0.1) is 6.92 Å². The summed E-state index contributed by atoms with van der Waals surface area (Å²) >= 11 is 0. The van der Waals surface area contributed by atoms with Crippen LogP contribution in [-0.4, -0.2) is 30.1 Å². The molecular formula is C9H13N3O2. The van der Waals surface area contributed by atoms with Crippen molar-refractivity contribution in [2.75, 3.05) is 19.9 Å². The highest BCUT2D eigenvalue weighted by Gasteiger charge is 2.14. The molecule has 5 nitrogen and oxygen atoms in total. The van der Waals surface area contributed by atoms with Gasteiger partial charge in [0, 0.05) is 12.7 Å². The quantitative estimate of drug-likeness (QED) is 0.702. The Morgan fingerprint density at radius 1 is 1.57 bits per heavy atom. The van der Waals surface area contributed by atoms with Crippen LogP contribution in [0.1, 0.15) is 16.1 Å². The van der Waals surface area contributed by atoms with Gasteiger partial charge in [-0.05, 0) is 19.1 Å². The minimum atomic E-state index is -0.308. The van der Waals surface area contributed by atoms with Gasteiger partial charge in [0.2, 0.25) is 0 Å². The van der Waals surface area contributed by atoms with Crippen LogP contribution >= 0.6 is 0 Å². The molecule has 1 aromatic rings. The molecule has 0 saturated heterocycles. The third kappa shape index (κ3) is 2.00. The maximum atomic E-state index is 11.6. The molecule has 0 bridgehead atoms. The summed E-state index contributed by atoms with van der Waals surface area (Å²) in [6, 6.07) is 3.36. The van der Waals surface area contributed by atoms with Crippen LogP contribution in [0.4, 0.5) is 5.82 Å². The molecule has 1 heterocycles. The van der Waals surface area contributed by atoms with Gasteiger partial charge in [-0.3, -0.25) is 9.63 Å². The van der Waals surface area contributed by atoms with Crippen LogP contribution < -0.4 is 5.73 Å². The van der Waals surface area contributed by atoms with E-state index in [-0.39, 0.29) is 11.7 Å². The fourth-order valence-electron chi connectivity index (χ4n) is 1.01. The summed E-state index contributed by atoms with van der Waals surface area (Å²) in [6.07, 6.45) is 0. The van der Waals surface area contributed by atoms with Gasteiger partial charge in [0.1, 0.15) is 5.82 Å². The van der Waals surface area contributed by atoms with Crippen molar-refractivity contribution in [2.45, 2.75) is 6.92 Å². The van der Waals surface area contributed by atoms with Gasteiger partial charge in [0.25, 0.3) is 5.91 Å². The van der Waals surface area contributed by atoms with Crippen LogP contribution in [0.5, 0.6) is 0 Å². The molecule has 1 rings (SSSR count). The van der Waals surface area contributed by atoms with Gasteiger partial charge in [-0.15, -0.1) is 0 Å². The monoisotopic (exact) mass is 195 g/mol. The number of carbonyl (C=O) groups is 1. The van der Waals surface area contributed by atoms with Gasteiger partial charge < -0.3 is 5.73 Å². The van der Waals surface area contributed by atoms with E-state index in [0.29, 0.717) is 5.56 Å². The highest BCUT2D eigenvalue weighted by Crippen LogP contribution is 2.11. The number of hydrogen-bond donors (Lipinski definition) is 1. The lowest BCUT2D eigenvalue weighted by Gasteiger charge is -2.14. The Bertz CT molecular complexity index is 352. The third-order valence-electron chi connectivity index (χ3n) is 1.85. The number of pyridine rings is 1. The van der Waals surface area contributed by atoms with Crippen molar-refractivity contribution in [1.82, 2.24) is 10.0 Å². The van der Waals surface area contributed by atoms with Crippen LogP contribution in [0.2, 0.25) is 0 Å². The van der Waals surface area contributed by atoms with E-state index in [1.165, 1.54) is 14.2 Å². The summed E-state index contributed by atoms with van der Waals surface area (Å²) in [5.41, 5.74) is 6.72. The second-order valence-corrected chi connectivity index (χ2v) is 2.87. The maximum absolute atomic E-state index is 11.6.